The number of aryl methyl sites for hydroxylation is 2. The highest BCUT2D eigenvalue weighted by molar-refractivity contribution is 7.99. The smallest absolute Gasteiger partial charge is 0.0458 e. The maximum absolute atomic E-state index is 2.60. The first kappa shape index (κ1) is 15.5. The van der Waals surface area contributed by atoms with Gasteiger partial charge in [-0.05, 0) is 67.3 Å². The minimum absolute atomic E-state index is 1.12. The summed E-state index contributed by atoms with van der Waals surface area (Å²) in [5.41, 5.74) is 7.38. The van der Waals surface area contributed by atoms with Gasteiger partial charge in [0.2, 0.25) is 0 Å². The van der Waals surface area contributed by atoms with Gasteiger partial charge in [-0.15, -0.1) is 0 Å². The van der Waals surface area contributed by atoms with E-state index in [4.69, 9.17) is 0 Å². The summed E-state index contributed by atoms with van der Waals surface area (Å²) in [6.45, 7) is 4.52. The van der Waals surface area contributed by atoms with Gasteiger partial charge in [-0.1, -0.05) is 30.0 Å². The third kappa shape index (κ3) is 2.80. The molecule has 3 heteroatoms. The standard InChI is InChI=1S/C22H24N2S/c1-23-9-11-24(12-10-23)20-14-18-5-2-3-8-21(18)25-22-15-17-7-4-6-16(17)13-19(20)22/h2-3,5,8,13-15H,4,6-7,9-12H2,1H3. The molecule has 3 aliphatic rings. The molecular weight excluding hydrogens is 324 g/mol. The van der Waals surface area contributed by atoms with Crippen molar-refractivity contribution in [2.24, 2.45) is 0 Å². The number of fused-ring (bicyclic) bond motifs is 3. The number of benzene rings is 2. The van der Waals surface area contributed by atoms with Crippen LogP contribution in [0.25, 0.3) is 11.8 Å². The van der Waals surface area contributed by atoms with Crippen LogP contribution in [0.15, 0.2) is 46.2 Å². The monoisotopic (exact) mass is 348 g/mol. The van der Waals surface area contributed by atoms with Crippen LogP contribution in [0.1, 0.15) is 28.7 Å². The molecule has 2 nitrogen and oxygen atoms in total. The van der Waals surface area contributed by atoms with E-state index in [-0.39, 0.29) is 0 Å². The number of piperazine rings is 1. The zero-order valence-corrected chi connectivity index (χ0v) is 15.6. The fourth-order valence-corrected chi connectivity index (χ4v) is 5.33. The van der Waals surface area contributed by atoms with Gasteiger partial charge in [0, 0.05) is 47.2 Å². The first-order valence-electron chi connectivity index (χ1n) is 9.36. The van der Waals surface area contributed by atoms with Gasteiger partial charge in [0.1, 0.15) is 0 Å². The van der Waals surface area contributed by atoms with Crippen molar-refractivity contribution in [1.29, 1.82) is 0 Å². The molecule has 2 heterocycles. The molecule has 0 atom stereocenters. The lowest BCUT2D eigenvalue weighted by atomic mass is 10.0. The van der Waals surface area contributed by atoms with Gasteiger partial charge < -0.3 is 9.80 Å². The Morgan fingerprint density at radius 2 is 1.64 bits per heavy atom. The third-order valence-corrected chi connectivity index (χ3v) is 6.89. The Labute approximate surface area is 154 Å². The van der Waals surface area contributed by atoms with Crippen LogP contribution in [0.3, 0.4) is 0 Å². The van der Waals surface area contributed by atoms with Crippen molar-refractivity contribution in [3.8, 4) is 0 Å². The Kier molecular flexibility index (Phi) is 3.87. The summed E-state index contributed by atoms with van der Waals surface area (Å²) in [6.07, 6.45) is 6.24. The van der Waals surface area contributed by atoms with Crippen LogP contribution in [0.2, 0.25) is 0 Å². The molecule has 2 aromatic carbocycles. The van der Waals surface area contributed by atoms with Crippen molar-refractivity contribution in [2.75, 3.05) is 33.2 Å². The highest BCUT2D eigenvalue weighted by Crippen LogP contribution is 2.43. The highest BCUT2D eigenvalue weighted by atomic mass is 32.2. The second-order valence-electron chi connectivity index (χ2n) is 7.43. The van der Waals surface area contributed by atoms with Gasteiger partial charge in [0.05, 0.1) is 0 Å². The summed E-state index contributed by atoms with van der Waals surface area (Å²) >= 11 is 1.95. The lowest BCUT2D eigenvalue weighted by Gasteiger charge is -2.36. The van der Waals surface area contributed by atoms with Crippen LogP contribution in [0, 0.1) is 0 Å². The maximum atomic E-state index is 2.60. The minimum atomic E-state index is 1.12. The molecule has 0 saturated carbocycles. The summed E-state index contributed by atoms with van der Waals surface area (Å²) in [5, 5.41) is 0. The predicted molar refractivity (Wildman–Crippen MR) is 106 cm³/mol. The zero-order chi connectivity index (χ0) is 16.8. The van der Waals surface area contributed by atoms with Crippen molar-refractivity contribution < 1.29 is 0 Å². The molecule has 0 spiro atoms. The quantitative estimate of drug-likeness (QED) is 0.755. The van der Waals surface area contributed by atoms with E-state index in [1.54, 1.807) is 11.1 Å². The van der Waals surface area contributed by atoms with Crippen molar-refractivity contribution >= 4 is 23.5 Å². The molecular formula is C22H24N2S. The fourth-order valence-electron chi connectivity index (χ4n) is 4.23. The van der Waals surface area contributed by atoms with Crippen molar-refractivity contribution in [2.45, 2.75) is 29.1 Å². The fraction of sp³-hybridized carbons (Fsp3) is 0.364. The Morgan fingerprint density at radius 1 is 0.880 bits per heavy atom. The second-order valence-corrected chi connectivity index (χ2v) is 8.51. The van der Waals surface area contributed by atoms with Crippen LogP contribution < -0.4 is 0 Å². The molecule has 1 saturated heterocycles. The van der Waals surface area contributed by atoms with Gasteiger partial charge in [0.15, 0.2) is 0 Å². The number of nitrogens with zero attached hydrogens (tertiary/aromatic N) is 2. The van der Waals surface area contributed by atoms with Gasteiger partial charge >= 0.3 is 0 Å². The van der Waals surface area contributed by atoms with Crippen molar-refractivity contribution in [1.82, 2.24) is 9.80 Å². The zero-order valence-electron chi connectivity index (χ0n) is 14.8. The first-order chi connectivity index (χ1) is 12.3. The molecule has 2 aromatic rings. The molecule has 1 aliphatic carbocycles. The molecule has 0 amide bonds. The minimum Gasteiger partial charge on any atom is -0.368 e. The van der Waals surface area contributed by atoms with E-state index >= 15 is 0 Å². The Morgan fingerprint density at radius 3 is 2.48 bits per heavy atom. The normalized spacial score (nSPS) is 19.7. The van der Waals surface area contributed by atoms with Gasteiger partial charge in [-0.25, -0.2) is 0 Å². The largest absolute Gasteiger partial charge is 0.368 e. The topological polar surface area (TPSA) is 6.48 Å². The summed E-state index contributed by atoms with van der Waals surface area (Å²) in [7, 11) is 2.23. The van der Waals surface area contributed by atoms with Crippen LogP contribution in [-0.4, -0.2) is 43.0 Å². The number of hydrogen-bond acceptors (Lipinski definition) is 3. The molecule has 0 bridgehead atoms. The molecule has 0 radical (unpaired) electrons. The SMILES string of the molecule is CN1CCN(C2=Cc3ccccc3Sc3cc4c(cc32)CCC4)CC1. The summed E-state index contributed by atoms with van der Waals surface area (Å²) in [4.78, 5) is 7.85. The van der Waals surface area contributed by atoms with E-state index in [9.17, 15) is 0 Å². The van der Waals surface area contributed by atoms with Crippen molar-refractivity contribution in [3.63, 3.8) is 0 Å². The van der Waals surface area contributed by atoms with E-state index < -0.39 is 0 Å². The van der Waals surface area contributed by atoms with E-state index in [0.717, 1.165) is 26.2 Å². The van der Waals surface area contributed by atoms with Gasteiger partial charge in [-0.2, -0.15) is 0 Å². The first-order valence-corrected chi connectivity index (χ1v) is 10.2. The highest BCUT2D eigenvalue weighted by Gasteiger charge is 2.25. The maximum Gasteiger partial charge on any atom is 0.0458 e. The van der Waals surface area contributed by atoms with E-state index in [1.807, 2.05) is 11.8 Å². The molecule has 1 fully saturated rings. The number of rotatable bonds is 1. The van der Waals surface area contributed by atoms with Gasteiger partial charge in [-0.3, -0.25) is 0 Å². The summed E-state index contributed by atoms with van der Waals surface area (Å²) in [5.74, 6) is 0. The van der Waals surface area contributed by atoms with Crippen LogP contribution in [-0.2, 0) is 12.8 Å². The molecule has 0 aromatic heterocycles. The van der Waals surface area contributed by atoms with E-state index in [0.29, 0.717) is 0 Å². The average Bonchev–Trinajstić information content (AvgIpc) is 3.02. The van der Waals surface area contributed by atoms with Crippen LogP contribution in [0.4, 0.5) is 0 Å². The lowest BCUT2D eigenvalue weighted by molar-refractivity contribution is 0.207. The van der Waals surface area contributed by atoms with E-state index in [2.05, 4.69) is 59.3 Å². The van der Waals surface area contributed by atoms with Crippen LogP contribution in [0.5, 0.6) is 0 Å². The Bertz CT molecular complexity index is 847. The second kappa shape index (κ2) is 6.22. The molecule has 2 aliphatic heterocycles. The Balaban J connectivity index is 1.66. The summed E-state index contributed by atoms with van der Waals surface area (Å²) in [6, 6.07) is 13.8. The van der Waals surface area contributed by atoms with Gasteiger partial charge in [0.25, 0.3) is 0 Å². The van der Waals surface area contributed by atoms with Crippen molar-refractivity contribution in [3.05, 3.63) is 58.7 Å². The molecule has 25 heavy (non-hydrogen) atoms. The lowest BCUT2D eigenvalue weighted by Crippen LogP contribution is -2.43. The molecule has 5 rings (SSSR count). The van der Waals surface area contributed by atoms with Crippen LogP contribution >= 0.6 is 11.8 Å². The average molecular weight is 349 g/mol. The molecule has 0 unspecified atom stereocenters. The summed E-state index contributed by atoms with van der Waals surface area (Å²) < 4.78 is 0. The Hall–Kier alpha value is -1.71. The number of likely N-dealkylation sites (N-methyl/N-ethyl adjacent to an activating group) is 1. The number of hydrogen-bond donors (Lipinski definition) is 0. The molecule has 128 valence electrons. The third-order valence-electron chi connectivity index (χ3n) is 5.75. The predicted octanol–water partition coefficient (Wildman–Crippen LogP) is 4.39. The van der Waals surface area contributed by atoms with E-state index in [1.165, 1.54) is 45.9 Å². The molecule has 0 N–H and O–H groups in total.